The van der Waals surface area contributed by atoms with E-state index in [4.69, 9.17) is 4.74 Å². The fraction of sp³-hybridized carbons (Fsp3) is 0.333. The van der Waals surface area contributed by atoms with Crippen LogP contribution in [0.1, 0.15) is 47.7 Å². The highest BCUT2D eigenvalue weighted by Gasteiger charge is 2.35. The first kappa shape index (κ1) is 24.0. The minimum atomic E-state index is -0.967. The fourth-order valence-corrected chi connectivity index (χ4v) is 5.09. The Hall–Kier alpha value is -3.19. The maximum Gasteiger partial charge on any atom is 0.248 e. The molecule has 34 heavy (non-hydrogen) atoms. The number of carbonyl (C=O) groups excluding carboxylic acids is 2. The second kappa shape index (κ2) is 10.8. The summed E-state index contributed by atoms with van der Waals surface area (Å²) in [5.74, 6) is -0.398. The summed E-state index contributed by atoms with van der Waals surface area (Å²) in [5, 5.41) is 5.05. The van der Waals surface area contributed by atoms with Crippen molar-refractivity contribution in [2.75, 3.05) is 12.0 Å². The molecule has 0 spiro atoms. The largest absolute Gasteiger partial charge is 0.497 e. The number of hydrogen-bond acceptors (Lipinski definition) is 4. The number of hydrogen-bond donors (Lipinski definition) is 1. The molecule has 0 aliphatic heterocycles. The molecule has 3 aromatic rings. The minimum absolute atomic E-state index is 0.0737. The number of halogens is 1. The zero-order chi connectivity index (χ0) is 24.1. The van der Waals surface area contributed by atoms with Crippen LogP contribution in [0.4, 0.5) is 10.1 Å². The van der Waals surface area contributed by atoms with Gasteiger partial charge >= 0.3 is 0 Å². The van der Waals surface area contributed by atoms with E-state index in [-0.39, 0.29) is 24.3 Å². The molecule has 1 aliphatic carbocycles. The van der Waals surface area contributed by atoms with Gasteiger partial charge in [-0.15, -0.1) is 11.3 Å². The van der Waals surface area contributed by atoms with E-state index in [0.717, 1.165) is 30.6 Å². The molecular formula is C27H29FN2O3S. The third kappa shape index (κ3) is 5.47. The second-order valence-corrected chi connectivity index (χ2v) is 9.65. The van der Waals surface area contributed by atoms with Crippen molar-refractivity contribution in [2.24, 2.45) is 0 Å². The fourth-order valence-electron chi connectivity index (χ4n) is 4.40. The van der Waals surface area contributed by atoms with Crippen molar-refractivity contribution in [3.63, 3.8) is 0 Å². The topological polar surface area (TPSA) is 58.6 Å². The van der Waals surface area contributed by atoms with E-state index in [0.29, 0.717) is 22.6 Å². The van der Waals surface area contributed by atoms with Crippen LogP contribution in [-0.4, -0.2) is 25.0 Å². The Morgan fingerprint density at radius 3 is 2.62 bits per heavy atom. The third-order valence-electron chi connectivity index (χ3n) is 6.23. The molecule has 1 aromatic heterocycles. The quantitative estimate of drug-likeness (QED) is 0.458. The lowest BCUT2D eigenvalue weighted by atomic mass is 10.0. The number of thiophene rings is 1. The summed E-state index contributed by atoms with van der Waals surface area (Å²) < 4.78 is 20.0. The van der Waals surface area contributed by atoms with Gasteiger partial charge < -0.3 is 10.1 Å². The number of benzene rings is 2. The maximum absolute atomic E-state index is 14.6. The first-order valence-electron chi connectivity index (χ1n) is 11.5. The maximum atomic E-state index is 14.6. The molecule has 0 radical (unpaired) electrons. The van der Waals surface area contributed by atoms with Crippen LogP contribution in [0.25, 0.3) is 0 Å². The Labute approximate surface area is 203 Å². The summed E-state index contributed by atoms with van der Waals surface area (Å²) in [4.78, 5) is 29.8. The molecule has 0 bridgehead atoms. The molecule has 1 aliphatic rings. The molecule has 2 aromatic carbocycles. The van der Waals surface area contributed by atoms with E-state index in [2.05, 4.69) is 5.32 Å². The lowest BCUT2D eigenvalue weighted by Crippen LogP contribution is -2.47. The smallest absolute Gasteiger partial charge is 0.248 e. The molecule has 0 saturated heterocycles. The van der Waals surface area contributed by atoms with Gasteiger partial charge in [-0.25, -0.2) is 4.39 Å². The van der Waals surface area contributed by atoms with Gasteiger partial charge in [0.1, 0.15) is 17.6 Å². The summed E-state index contributed by atoms with van der Waals surface area (Å²) in [5.41, 5.74) is 1.43. The summed E-state index contributed by atoms with van der Waals surface area (Å²) in [7, 11) is 1.56. The lowest BCUT2D eigenvalue weighted by Gasteiger charge is -2.32. The number of carbonyl (C=O) groups is 2. The van der Waals surface area contributed by atoms with Gasteiger partial charge in [0, 0.05) is 16.6 Å². The number of nitrogens with one attached hydrogen (secondary N) is 1. The molecule has 178 valence electrons. The zero-order valence-electron chi connectivity index (χ0n) is 19.4. The van der Waals surface area contributed by atoms with Crippen molar-refractivity contribution in [2.45, 2.75) is 51.1 Å². The van der Waals surface area contributed by atoms with Gasteiger partial charge in [-0.2, -0.15) is 0 Å². The van der Waals surface area contributed by atoms with Crippen LogP contribution in [0.5, 0.6) is 5.75 Å². The van der Waals surface area contributed by atoms with Crippen LogP contribution < -0.4 is 15.0 Å². The van der Waals surface area contributed by atoms with Crippen LogP contribution in [0, 0.1) is 12.7 Å². The minimum Gasteiger partial charge on any atom is -0.497 e. The van der Waals surface area contributed by atoms with E-state index in [9.17, 15) is 14.0 Å². The Kier molecular flexibility index (Phi) is 7.63. The van der Waals surface area contributed by atoms with Gasteiger partial charge in [-0.05, 0) is 66.6 Å². The van der Waals surface area contributed by atoms with Crippen molar-refractivity contribution >= 4 is 28.8 Å². The van der Waals surface area contributed by atoms with Gasteiger partial charge in [-0.3, -0.25) is 14.5 Å². The van der Waals surface area contributed by atoms with E-state index >= 15 is 0 Å². The van der Waals surface area contributed by atoms with Crippen LogP contribution >= 0.6 is 11.3 Å². The molecule has 1 atom stereocenters. The molecule has 4 rings (SSSR count). The first-order chi connectivity index (χ1) is 16.5. The van der Waals surface area contributed by atoms with E-state index < -0.39 is 11.9 Å². The van der Waals surface area contributed by atoms with Crippen molar-refractivity contribution < 1.29 is 18.7 Å². The molecule has 2 amide bonds. The number of ether oxygens (including phenoxy) is 1. The monoisotopic (exact) mass is 480 g/mol. The number of amides is 2. The zero-order valence-corrected chi connectivity index (χ0v) is 20.2. The van der Waals surface area contributed by atoms with Crippen LogP contribution in [0.2, 0.25) is 0 Å². The molecule has 1 fully saturated rings. The van der Waals surface area contributed by atoms with Crippen LogP contribution in [-0.2, 0) is 16.0 Å². The Morgan fingerprint density at radius 2 is 1.94 bits per heavy atom. The number of anilines is 1. The number of nitrogens with zero attached hydrogens (tertiary/aromatic N) is 1. The SMILES string of the molecule is COc1cccc([C@@H](C(=O)NC2CCCC2)N(C(=O)Cc2cccs2)c2ccc(C)c(F)c2)c1. The van der Waals surface area contributed by atoms with Crippen molar-refractivity contribution in [1.29, 1.82) is 0 Å². The first-order valence-corrected chi connectivity index (χ1v) is 12.4. The normalized spacial score (nSPS) is 14.6. The van der Waals surface area contributed by atoms with Gasteiger partial charge in [0.2, 0.25) is 11.8 Å². The molecular weight excluding hydrogens is 451 g/mol. The van der Waals surface area contributed by atoms with Crippen LogP contribution in [0.3, 0.4) is 0 Å². The Morgan fingerprint density at radius 1 is 1.15 bits per heavy atom. The van der Waals surface area contributed by atoms with Gasteiger partial charge in [0.05, 0.1) is 13.5 Å². The van der Waals surface area contributed by atoms with Crippen LogP contribution in [0.15, 0.2) is 60.0 Å². The number of methoxy groups -OCH3 is 1. The Bertz CT molecular complexity index is 1140. The molecule has 0 unspecified atom stereocenters. The number of aryl methyl sites for hydroxylation is 1. The summed E-state index contributed by atoms with van der Waals surface area (Å²) in [6.07, 6.45) is 4.08. The van der Waals surface area contributed by atoms with Crippen molar-refractivity contribution in [3.05, 3.63) is 81.8 Å². The molecule has 1 heterocycles. The molecule has 7 heteroatoms. The third-order valence-corrected chi connectivity index (χ3v) is 7.10. The summed E-state index contributed by atoms with van der Waals surface area (Å²) >= 11 is 1.48. The molecule has 1 saturated carbocycles. The summed E-state index contributed by atoms with van der Waals surface area (Å²) in [6.45, 7) is 1.67. The second-order valence-electron chi connectivity index (χ2n) is 8.62. The van der Waals surface area contributed by atoms with Gasteiger partial charge in [-0.1, -0.05) is 37.1 Å². The molecule has 1 N–H and O–H groups in total. The van der Waals surface area contributed by atoms with Crippen molar-refractivity contribution in [3.8, 4) is 5.75 Å². The number of rotatable bonds is 8. The van der Waals surface area contributed by atoms with E-state index in [1.807, 2.05) is 17.5 Å². The predicted molar refractivity (Wildman–Crippen MR) is 133 cm³/mol. The summed E-state index contributed by atoms with van der Waals surface area (Å²) in [6, 6.07) is 14.7. The predicted octanol–water partition coefficient (Wildman–Crippen LogP) is 5.58. The van der Waals surface area contributed by atoms with Gasteiger partial charge in [0.25, 0.3) is 0 Å². The highest BCUT2D eigenvalue weighted by atomic mass is 32.1. The average molecular weight is 481 g/mol. The van der Waals surface area contributed by atoms with Crippen molar-refractivity contribution in [1.82, 2.24) is 5.32 Å². The van der Waals surface area contributed by atoms with E-state index in [1.165, 1.54) is 22.3 Å². The molecule has 5 nitrogen and oxygen atoms in total. The average Bonchev–Trinajstić information content (AvgIpc) is 3.53. The highest BCUT2D eigenvalue weighted by Crippen LogP contribution is 2.32. The lowest BCUT2D eigenvalue weighted by molar-refractivity contribution is -0.127. The highest BCUT2D eigenvalue weighted by molar-refractivity contribution is 7.10. The standard InChI is InChI=1S/C27H29FN2O3S/c1-18-12-13-21(16-24(18)28)30(25(31)17-23-11-6-14-34-23)26(19-7-5-10-22(15-19)33-2)27(32)29-20-8-3-4-9-20/h5-7,10-16,20,26H,3-4,8-9,17H2,1-2H3,(H,29,32)/t26-/m0/s1. The van der Waals surface area contributed by atoms with Gasteiger partial charge in [0.15, 0.2) is 0 Å². The Balaban J connectivity index is 1.80. The van der Waals surface area contributed by atoms with E-state index in [1.54, 1.807) is 50.4 Å².